The molecule has 0 radical (unpaired) electrons. The van der Waals surface area contributed by atoms with Crippen molar-refractivity contribution in [3.8, 4) is 44.5 Å². The van der Waals surface area contributed by atoms with E-state index >= 15 is 0 Å². The highest BCUT2D eigenvalue weighted by molar-refractivity contribution is 5.91. The molecule has 0 aliphatic heterocycles. The van der Waals surface area contributed by atoms with E-state index in [2.05, 4.69) is 399 Å². The molecule has 3 nitrogen and oxygen atoms in total. The third-order valence-electron chi connectivity index (χ3n) is 32.3. The number of anilines is 9. The molecule has 23 rings (SSSR count). The molecular weight excluding hydrogens is 1600 g/mol. The highest BCUT2D eigenvalue weighted by Crippen LogP contribution is 2.59. The van der Waals surface area contributed by atoms with Crippen LogP contribution in [0.25, 0.3) is 44.5 Å². The molecule has 0 aromatic heterocycles. The Morgan fingerprint density at radius 3 is 0.692 bits per heavy atom. The summed E-state index contributed by atoms with van der Waals surface area (Å²) in [6, 6.07) is 141. The van der Waals surface area contributed by atoms with E-state index in [0.29, 0.717) is 11.8 Å². The van der Waals surface area contributed by atoms with Gasteiger partial charge in [-0.05, 0) is 333 Å². The molecule has 0 heterocycles. The molecule has 133 heavy (non-hydrogen) atoms. The molecule has 0 bridgehead atoms. The van der Waals surface area contributed by atoms with E-state index in [-0.39, 0.29) is 5.41 Å². The number of hydrogen-bond acceptors (Lipinski definition) is 3. The summed E-state index contributed by atoms with van der Waals surface area (Å²) in [5.41, 5.74) is 38.2. The van der Waals surface area contributed by atoms with Gasteiger partial charge in [0.25, 0.3) is 0 Å². The predicted octanol–water partition coefficient (Wildman–Crippen LogP) is 37.8. The fourth-order valence-electron chi connectivity index (χ4n) is 25.0. The first kappa shape index (κ1) is 87.4. The lowest BCUT2D eigenvalue weighted by Gasteiger charge is -2.35. The quantitative estimate of drug-likeness (QED) is 0.0799. The zero-order valence-corrected chi connectivity index (χ0v) is 78.7. The molecule has 6 fully saturated rings. The van der Waals surface area contributed by atoms with E-state index < -0.39 is 5.41 Å². The number of nitrogens with zero attached hydrogens (tertiary/aromatic N) is 3. The molecule has 0 amide bonds. The molecule has 15 aromatic carbocycles. The van der Waals surface area contributed by atoms with Gasteiger partial charge in [-0.2, -0.15) is 0 Å². The first-order valence-corrected chi connectivity index (χ1v) is 51.6. The van der Waals surface area contributed by atoms with Crippen molar-refractivity contribution in [2.45, 2.75) is 253 Å². The predicted molar refractivity (Wildman–Crippen MR) is 564 cm³/mol. The van der Waals surface area contributed by atoms with Crippen LogP contribution >= 0.6 is 0 Å². The second-order valence-electron chi connectivity index (χ2n) is 40.7. The summed E-state index contributed by atoms with van der Waals surface area (Å²) in [5.74, 6) is 4.28. The molecule has 668 valence electrons. The summed E-state index contributed by atoms with van der Waals surface area (Å²) in [6.07, 6.45) is 40.7. The SMILES string of the molecule is CC1(C)c2ccccc2-c2ccc(N(c3ccc(C4CCCCC4)cc3)c3ccc(C4CCCCC4)cc3)cc21.c1ccc(-c2ccc(-c3ccc(N(c4ccc(C5CCCCC5)cc4)c4ccc(C5CCCCC5)cc4)cc3)cc2)cc1.c1ccc(C2(c3ccccc3)c3ccccc3-c3ccc(N(c4ccc(C5CCCCC5)cc4)c4ccc(C5CCCCC5)cc4)cc32)cc1. The minimum absolute atomic E-state index is 0.0106. The lowest BCUT2D eigenvalue weighted by atomic mass is 9.67. The number of hydrogen-bond donors (Lipinski definition) is 0. The average molecular weight is 1740 g/mol. The zero-order chi connectivity index (χ0) is 89.3. The summed E-state index contributed by atoms with van der Waals surface area (Å²) < 4.78 is 0. The van der Waals surface area contributed by atoms with Crippen LogP contribution in [0, 0.1) is 0 Å². The Morgan fingerprint density at radius 1 is 0.173 bits per heavy atom. The van der Waals surface area contributed by atoms with Gasteiger partial charge in [0.1, 0.15) is 0 Å². The van der Waals surface area contributed by atoms with Crippen molar-refractivity contribution in [2.75, 3.05) is 14.7 Å². The van der Waals surface area contributed by atoms with Crippen LogP contribution in [0.2, 0.25) is 0 Å². The highest BCUT2D eigenvalue weighted by atomic mass is 15.2. The Bertz CT molecular complexity index is 6090. The lowest BCUT2D eigenvalue weighted by molar-refractivity contribution is 0.443. The molecule has 0 N–H and O–H groups in total. The van der Waals surface area contributed by atoms with Crippen LogP contribution in [-0.2, 0) is 10.8 Å². The van der Waals surface area contributed by atoms with Gasteiger partial charge in [-0.15, -0.1) is 0 Å². The van der Waals surface area contributed by atoms with Gasteiger partial charge in [-0.25, -0.2) is 0 Å². The Kier molecular flexibility index (Phi) is 26.4. The maximum absolute atomic E-state index is 2.50. The van der Waals surface area contributed by atoms with Crippen molar-refractivity contribution in [1.29, 1.82) is 0 Å². The largest absolute Gasteiger partial charge is 0.311 e. The molecule has 15 aromatic rings. The molecule has 0 atom stereocenters. The molecule has 0 spiro atoms. The average Bonchev–Trinajstić information content (AvgIpc) is 1.54. The van der Waals surface area contributed by atoms with Crippen molar-refractivity contribution in [1.82, 2.24) is 0 Å². The summed E-state index contributed by atoms with van der Waals surface area (Å²) in [4.78, 5) is 7.41. The lowest BCUT2D eigenvalue weighted by Crippen LogP contribution is -2.28. The van der Waals surface area contributed by atoms with Gasteiger partial charge in [-0.1, -0.05) is 390 Å². The molecule has 3 heteroatoms. The van der Waals surface area contributed by atoms with E-state index in [9.17, 15) is 0 Å². The van der Waals surface area contributed by atoms with Gasteiger partial charge in [0, 0.05) is 56.6 Å². The molecule has 0 saturated heterocycles. The van der Waals surface area contributed by atoms with Crippen molar-refractivity contribution in [2.24, 2.45) is 0 Å². The fourth-order valence-corrected chi connectivity index (χ4v) is 25.0. The van der Waals surface area contributed by atoms with Crippen molar-refractivity contribution in [3.63, 3.8) is 0 Å². The van der Waals surface area contributed by atoms with Crippen LogP contribution in [0.15, 0.2) is 370 Å². The van der Waals surface area contributed by atoms with Crippen LogP contribution in [0.3, 0.4) is 0 Å². The number of benzene rings is 15. The van der Waals surface area contributed by atoms with Gasteiger partial charge in [-0.3, -0.25) is 0 Å². The number of fused-ring (bicyclic) bond motifs is 6. The third-order valence-corrected chi connectivity index (χ3v) is 32.3. The standard InChI is InChI=1S/C49H47N.C42H43N.C39H43N/c1-5-15-36(16-6-1)38-25-29-42(30-26-38)50(43-31-27-39(28-32-43)37-17-7-2-8-18-37)44-33-34-46-45-23-13-14-24-47(45)49(48(46)35-44,40-19-9-3-10-20-40)41-21-11-4-12-22-41;1-4-10-32(11-5-1)35-16-18-36(19-17-35)39-24-30-42(31-25-39)43(40-26-20-37(21-27-40)33-12-6-2-7-13-33)41-28-22-38(23-29-41)34-14-8-3-9-15-34;1-39(2)37-16-10-9-15-35(37)36-26-25-34(27-38(36)39)40(32-21-17-30(18-22-32)28-11-5-3-6-12-28)33-23-19-31(20-24-33)29-13-7-4-8-14-29/h3-4,9-14,19-37H,1-2,5-8,15-18H2;1,4-5,10-11,16-31,33-34H,2-3,6-9,12-15H2;9-10,15-29H,3-8,11-14H2,1-2H3. The molecule has 6 saturated carbocycles. The molecule has 8 aliphatic carbocycles. The van der Waals surface area contributed by atoms with Crippen LogP contribution < -0.4 is 14.7 Å². The van der Waals surface area contributed by atoms with Crippen molar-refractivity contribution >= 4 is 51.2 Å². The van der Waals surface area contributed by atoms with Gasteiger partial charge >= 0.3 is 0 Å². The summed E-state index contributed by atoms with van der Waals surface area (Å²) in [7, 11) is 0. The minimum Gasteiger partial charge on any atom is -0.311 e. The number of rotatable bonds is 19. The van der Waals surface area contributed by atoms with Crippen molar-refractivity contribution < 1.29 is 0 Å². The maximum Gasteiger partial charge on any atom is 0.0714 e. The van der Waals surface area contributed by atoms with Crippen LogP contribution in [0.5, 0.6) is 0 Å². The van der Waals surface area contributed by atoms with E-state index in [1.54, 1.807) is 0 Å². The van der Waals surface area contributed by atoms with E-state index in [4.69, 9.17) is 0 Å². The summed E-state index contributed by atoms with van der Waals surface area (Å²) >= 11 is 0. The normalized spacial score (nSPS) is 17.3. The monoisotopic (exact) mass is 1740 g/mol. The fraction of sp³-hybridized carbons (Fsp3) is 0.308. The van der Waals surface area contributed by atoms with Crippen molar-refractivity contribution in [3.05, 3.63) is 437 Å². The van der Waals surface area contributed by atoms with Crippen LogP contribution in [0.1, 0.15) is 309 Å². The molecule has 0 unspecified atom stereocenters. The van der Waals surface area contributed by atoms with Gasteiger partial charge in [0.2, 0.25) is 0 Å². The van der Waals surface area contributed by atoms with E-state index in [1.807, 2.05) is 0 Å². The third kappa shape index (κ3) is 18.5. The Hall–Kier alpha value is -12.3. The second-order valence-corrected chi connectivity index (χ2v) is 40.7. The van der Waals surface area contributed by atoms with E-state index in [0.717, 1.165) is 23.7 Å². The first-order chi connectivity index (χ1) is 65.7. The maximum atomic E-state index is 2.50. The van der Waals surface area contributed by atoms with Crippen LogP contribution in [0.4, 0.5) is 51.2 Å². The van der Waals surface area contributed by atoms with Gasteiger partial charge in [0.15, 0.2) is 0 Å². The first-order valence-electron chi connectivity index (χ1n) is 51.6. The minimum atomic E-state index is -0.425. The Morgan fingerprint density at radius 2 is 0.383 bits per heavy atom. The molecule has 8 aliphatic rings. The van der Waals surface area contributed by atoms with Crippen LogP contribution in [-0.4, -0.2) is 0 Å². The summed E-state index contributed by atoms with van der Waals surface area (Å²) in [6.45, 7) is 4.76. The van der Waals surface area contributed by atoms with E-state index in [1.165, 1.54) is 355 Å². The molecular formula is C130H133N3. The Labute approximate surface area is 794 Å². The van der Waals surface area contributed by atoms with Gasteiger partial charge < -0.3 is 14.7 Å². The Balaban J connectivity index is 0.000000121. The van der Waals surface area contributed by atoms with Gasteiger partial charge in [0.05, 0.1) is 5.41 Å². The zero-order valence-electron chi connectivity index (χ0n) is 78.7. The highest BCUT2D eigenvalue weighted by Gasteiger charge is 2.47. The topological polar surface area (TPSA) is 9.72 Å². The smallest absolute Gasteiger partial charge is 0.0714 e. The second kappa shape index (κ2) is 40.2. The summed E-state index contributed by atoms with van der Waals surface area (Å²) in [5, 5.41) is 0.